The summed E-state index contributed by atoms with van der Waals surface area (Å²) >= 11 is 5.87. The standard InChI is InChI=1S/C13H17ClFN3O/c1-17-4-6-18(7-5-17)9-13(19)16-12-3-2-10(15)8-11(12)14/h2-3,8H,4-7,9H2,1H3,(H,16,19)/p+2. The molecule has 0 radical (unpaired) electrons. The van der Waals surface area contributed by atoms with Crippen molar-refractivity contribution in [3.05, 3.63) is 29.0 Å². The number of halogens is 2. The molecule has 1 aliphatic heterocycles. The predicted octanol–water partition coefficient (Wildman–Crippen LogP) is -1.17. The van der Waals surface area contributed by atoms with E-state index in [-0.39, 0.29) is 10.9 Å². The molecule has 6 heteroatoms. The van der Waals surface area contributed by atoms with Gasteiger partial charge in [0, 0.05) is 0 Å². The molecule has 1 aliphatic rings. The number of hydrogen-bond acceptors (Lipinski definition) is 1. The molecule has 2 rings (SSSR count). The lowest BCUT2D eigenvalue weighted by Gasteiger charge is -2.26. The minimum absolute atomic E-state index is 0.0805. The lowest BCUT2D eigenvalue weighted by molar-refractivity contribution is -0.999. The van der Waals surface area contributed by atoms with Crippen molar-refractivity contribution in [1.82, 2.24) is 0 Å². The van der Waals surface area contributed by atoms with Crippen molar-refractivity contribution in [2.75, 3.05) is 45.1 Å². The second kappa shape index (κ2) is 6.32. The molecule has 1 aromatic carbocycles. The number of benzene rings is 1. The van der Waals surface area contributed by atoms with Gasteiger partial charge in [0.2, 0.25) is 0 Å². The average Bonchev–Trinajstić information content (AvgIpc) is 2.36. The Morgan fingerprint density at radius 2 is 2.05 bits per heavy atom. The van der Waals surface area contributed by atoms with Crippen LogP contribution in [0.5, 0.6) is 0 Å². The zero-order chi connectivity index (χ0) is 13.8. The highest BCUT2D eigenvalue weighted by Gasteiger charge is 2.22. The van der Waals surface area contributed by atoms with E-state index >= 15 is 0 Å². The van der Waals surface area contributed by atoms with Gasteiger partial charge in [-0.05, 0) is 18.2 Å². The third kappa shape index (κ3) is 4.16. The van der Waals surface area contributed by atoms with E-state index in [1.165, 1.54) is 28.0 Å². The van der Waals surface area contributed by atoms with E-state index in [0.29, 0.717) is 12.2 Å². The van der Waals surface area contributed by atoms with Gasteiger partial charge >= 0.3 is 0 Å². The third-order valence-electron chi connectivity index (χ3n) is 3.43. The quantitative estimate of drug-likeness (QED) is 0.644. The van der Waals surface area contributed by atoms with Crippen LogP contribution < -0.4 is 15.1 Å². The molecule has 0 atom stereocenters. The van der Waals surface area contributed by atoms with Crippen LogP contribution >= 0.6 is 11.6 Å². The molecule has 0 aromatic heterocycles. The molecule has 0 aliphatic carbocycles. The molecular formula is C13H19ClFN3O+2. The number of nitrogens with one attached hydrogen (secondary N) is 3. The van der Waals surface area contributed by atoms with Crippen molar-refractivity contribution in [2.45, 2.75) is 0 Å². The maximum absolute atomic E-state index is 12.9. The summed E-state index contributed by atoms with van der Waals surface area (Å²) in [5, 5.41) is 2.96. The fraction of sp³-hybridized carbons (Fsp3) is 0.462. The molecule has 19 heavy (non-hydrogen) atoms. The first-order chi connectivity index (χ1) is 9.04. The van der Waals surface area contributed by atoms with E-state index in [9.17, 15) is 9.18 Å². The van der Waals surface area contributed by atoms with Gasteiger partial charge in [0.15, 0.2) is 6.54 Å². The van der Waals surface area contributed by atoms with E-state index in [1.54, 1.807) is 0 Å². The zero-order valence-corrected chi connectivity index (χ0v) is 11.7. The monoisotopic (exact) mass is 287 g/mol. The van der Waals surface area contributed by atoms with E-state index in [0.717, 1.165) is 26.2 Å². The van der Waals surface area contributed by atoms with E-state index in [4.69, 9.17) is 11.6 Å². The van der Waals surface area contributed by atoms with E-state index in [2.05, 4.69) is 12.4 Å². The Balaban J connectivity index is 1.87. The highest BCUT2D eigenvalue weighted by molar-refractivity contribution is 6.33. The summed E-state index contributed by atoms with van der Waals surface area (Å²) in [5.74, 6) is -0.487. The first-order valence-electron chi connectivity index (χ1n) is 6.44. The van der Waals surface area contributed by atoms with Crippen molar-refractivity contribution in [3.8, 4) is 0 Å². The van der Waals surface area contributed by atoms with Crippen LogP contribution in [0.2, 0.25) is 5.02 Å². The van der Waals surface area contributed by atoms with Crippen molar-refractivity contribution < 1.29 is 19.0 Å². The second-order valence-electron chi connectivity index (χ2n) is 5.06. The van der Waals surface area contributed by atoms with Gasteiger partial charge in [0.25, 0.3) is 5.91 Å². The van der Waals surface area contributed by atoms with Crippen molar-refractivity contribution in [2.24, 2.45) is 0 Å². The molecule has 1 aromatic rings. The topological polar surface area (TPSA) is 38.0 Å². The number of piperazine rings is 1. The van der Waals surface area contributed by atoms with Gasteiger partial charge in [-0.2, -0.15) is 0 Å². The molecule has 1 amide bonds. The summed E-state index contributed by atoms with van der Waals surface area (Å²) in [4.78, 5) is 14.7. The third-order valence-corrected chi connectivity index (χ3v) is 3.74. The van der Waals surface area contributed by atoms with Crippen LogP contribution in [0.15, 0.2) is 18.2 Å². The number of amides is 1. The van der Waals surface area contributed by atoms with Crippen molar-refractivity contribution in [3.63, 3.8) is 0 Å². The Morgan fingerprint density at radius 3 is 2.68 bits per heavy atom. The number of likely N-dealkylation sites (N-methyl/N-ethyl adjacent to an activating group) is 1. The van der Waals surface area contributed by atoms with Crippen LogP contribution in [0.3, 0.4) is 0 Å². The fourth-order valence-corrected chi connectivity index (χ4v) is 2.43. The van der Waals surface area contributed by atoms with E-state index < -0.39 is 5.82 Å². The molecule has 1 saturated heterocycles. The minimum atomic E-state index is -0.407. The van der Waals surface area contributed by atoms with Crippen LogP contribution in [-0.2, 0) is 4.79 Å². The average molecular weight is 288 g/mol. The molecule has 0 spiro atoms. The second-order valence-corrected chi connectivity index (χ2v) is 5.46. The van der Waals surface area contributed by atoms with Gasteiger partial charge in [-0.1, -0.05) is 11.6 Å². The molecule has 1 heterocycles. The Bertz CT molecular complexity index is 461. The number of carbonyl (C=O) groups is 1. The number of quaternary nitrogens is 2. The molecule has 4 nitrogen and oxygen atoms in total. The van der Waals surface area contributed by atoms with Crippen molar-refractivity contribution in [1.29, 1.82) is 0 Å². The van der Waals surface area contributed by atoms with Gasteiger partial charge < -0.3 is 15.1 Å². The summed E-state index contributed by atoms with van der Waals surface area (Å²) in [6.07, 6.45) is 0. The lowest BCUT2D eigenvalue weighted by Crippen LogP contribution is -3.27. The minimum Gasteiger partial charge on any atom is -0.328 e. The van der Waals surface area contributed by atoms with Gasteiger partial charge in [-0.15, -0.1) is 0 Å². The Labute approximate surface area is 117 Å². The molecule has 0 saturated carbocycles. The summed E-state index contributed by atoms with van der Waals surface area (Å²) in [6.45, 7) is 4.59. The maximum Gasteiger partial charge on any atom is 0.279 e. The predicted molar refractivity (Wildman–Crippen MR) is 72.2 cm³/mol. The van der Waals surface area contributed by atoms with Crippen LogP contribution in [0.4, 0.5) is 10.1 Å². The number of carbonyl (C=O) groups excluding carboxylic acids is 1. The molecular weight excluding hydrogens is 269 g/mol. The van der Waals surface area contributed by atoms with Crippen LogP contribution in [0.25, 0.3) is 0 Å². The first kappa shape index (κ1) is 14.2. The van der Waals surface area contributed by atoms with Crippen LogP contribution in [-0.4, -0.2) is 45.7 Å². The van der Waals surface area contributed by atoms with Crippen molar-refractivity contribution >= 4 is 23.2 Å². The summed E-state index contributed by atoms with van der Waals surface area (Å²) in [6, 6.07) is 3.97. The summed E-state index contributed by atoms with van der Waals surface area (Å²) < 4.78 is 12.9. The zero-order valence-electron chi connectivity index (χ0n) is 10.9. The number of hydrogen-bond donors (Lipinski definition) is 3. The Morgan fingerprint density at radius 1 is 1.37 bits per heavy atom. The van der Waals surface area contributed by atoms with E-state index in [1.807, 2.05) is 0 Å². The van der Waals surface area contributed by atoms with Crippen LogP contribution in [0, 0.1) is 5.82 Å². The van der Waals surface area contributed by atoms with Gasteiger partial charge in [-0.3, -0.25) is 4.79 Å². The Hall–Kier alpha value is -1.17. The Kier molecular flexibility index (Phi) is 4.74. The molecule has 0 bridgehead atoms. The first-order valence-corrected chi connectivity index (χ1v) is 6.82. The highest BCUT2D eigenvalue weighted by Crippen LogP contribution is 2.21. The molecule has 3 N–H and O–H groups in total. The van der Waals surface area contributed by atoms with Gasteiger partial charge in [-0.25, -0.2) is 4.39 Å². The molecule has 1 fully saturated rings. The maximum atomic E-state index is 12.9. The smallest absolute Gasteiger partial charge is 0.279 e. The number of rotatable bonds is 3. The van der Waals surface area contributed by atoms with Gasteiger partial charge in [0.1, 0.15) is 32.0 Å². The summed E-state index contributed by atoms with van der Waals surface area (Å²) in [7, 11) is 2.16. The van der Waals surface area contributed by atoms with Gasteiger partial charge in [0.05, 0.1) is 17.8 Å². The van der Waals surface area contributed by atoms with Crippen LogP contribution in [0.1, 0.15) is 0 Å². The number of anilines is 1. The lowest BCUT2D eigenvalue weighted by atomic mass is 10.3. The molecule has 104 valence electrons. The molecule has 0 unspecified atom stereocenters. The largest absolute Gasteiger partial charge is 0.328 e. The highest BCUT2D eigenvalue weighted by atomic mass is 35.5. The fourth-order valence-electron chi connectivity index (χ4n) is 2.22. The SMILES string of the molecule is C[NH+]1CC[NH+](CC(=O)Nc2ccc(F)cc2Cl)CC1. The normalized spacial score (nSPS) is 23.1. The summed E-state index contributed by atoms with van der Waals surface area (Å²) in [5.41, 5.74) is 0.465.